The number of rotatable bonds is 8. The zero-order chi connectivity index (χ0) is 18.4. The lowest BCUT2D eigenvalue weighted by Gasteiger charge is -2.18. The summed E-state index contributed by atoms with van der Waals surface area (Å²) in [6, 6.07) is 6.35. The second-order valence-electron chi connectivity index (χ2n) is 6.66. The second kappa shape index (κ2) is 9.06. The maximum absolute atomic E-state index is 13.4. The van der Waals surface area contributed by atoms with E-state index in [0.29, 0.717) is 24.1 Å². The molecule has 0 aliphatic heterocycles. The molecule has 0 fully saturated rings. The van der Waals surface area contributed by atoms with Gasteiger partial charge in [-0.05, 0) is 47.6 Å². The minimum absolute atomic E-state index is 0.0174. The maximum Gasteiger partial charge on any atom is 0.227 e. The Morgan fingerprint density at radius 1 is 1.20 bits per heavy atom. The van der Waals surface area contributed by atoms with Crippen molar-refractivity contribution in [2.45, 2.75) is 45.6 Å². The van der Waals surface area contributed by atoms with Gasteiger partial charge in [0.15, 0.2) is 0 Å². The Morgan fingerprint density at radius 2 is 1.96 bits per heavy atom. The zero-order valence-electron chi connectivity index (χ0n) is 14.7. The quantitative estimate of drug-likeness (QED) is 0.743. The van der Waals surface area contributed by atoms with E-state index in [1.165, 1.54) is 12.1 Å². The number of hydrogen-bond acceptors (Lipinski definition) is 5. The lowest BCUT2D eigenvalue weighted by molar-refractivity contribution is 0.259. The van der Waals surface area contributed by atoms with Crippen LogP contribution >= 0.6 is 11.6 Å². The van der Waals surface area contributed by atoms with Gasteiger partial charge in [0, 0.05) is 6.42 Å². The Hall–Kier alpha value is -1.79. The molecular weight excluding hydrogens is 343 g/mol. The van der Waals surface area contributed by atoms with Gasteiger partial charge in [-0.25, -0.2) is 9.37 Å². The van der Waals surface area contributed by atoms with Gasteiger partial charge < -0.3 is 10.4 Å². The van der Waals surface area contributed by atoms with Crippen LogP contribution in [0.5, 0.6) is 0 Å². The number of benzene rings is 1. The highest BCUT2D eigenvalue weighted by Gasteiger charge is 2.15. The van der Waals surface area contributed by atoms with E-state index >= 15 is 0 Å². The van der Waals surface area contributed by atoms with Gasteiger partial charge >= 0.3 is 0 Å². The van der Waals surface area contributed by atoms with Crippen molar-refractivity contribution in [3.8, 4) is 0 Å². The number of nitrogens with one attached hydrogen (secondary N) is 1. The lowest BCUT2D eigenvalue weighted by Crippen LogP contribution is -2.27. The first-order chi connectivity index (χ1) is 11.9. The van der Waals surface area contributed by atoms with Gasteiger partial charge in [0.2, 0.25) is 11.2 Å². The van der Waals surface area contributed by atoms with Crippen LogP contribution in [-0.2, 0) is 6.42 Å². The fourth-order valence-corrected chi connectivity index (χ4v) is 2.86. The molecule has 1 aromatic carbocycles. The van der Waals surface area contributed by atoms with E-state index in [1.807, 2.05) is 13.0 Å². The average Bonchev–Trinajstić information content (AvgIpc) is 2.53. The molecule has 2 N–H and O–H groups in total. The van der Waals surface area contributed by atoms with Crippen LogP contribution in [0.15, 0.2) is 24.3 Å². The molecule has 0 bridgehead atoms. The molecule has 1 aromatic heterocycles. The molecule has 7 heteroatoms. The van der Waals surface area contributed by atoms with E-state index < -0.39 is 0 Å². The molecule has 0 saturated heterocycles. The van der Waals surface area contributed by atoms with Crippen LogP contribution in [0, 0.1) is 11.7 Å². The molecule has 136 valence electrons. The molecule has 2 aromatic rings. The Kier molecular flexibility index (Phi) is 7.08. The van der Waals surface area contributed by atoms with E-state index in [2.05, 4.69) is 34.1 Å². The average molecular weight is 367 g/mol. The topological polar surface area (TPSA) is 70.9 Å². The number of aromatic nitrogens is 3. The van der Waals surface area contributed by atoms with Crippen molar-refractivity contribution < 1.29 is 9.50 Å². The molecule has 0 amide bonds. The van der Waals surface area contributed by atoms with E-state index in [-0.39, 0.29) is 29.7 Å². The molecule has 0 aliphatic rings. The second-order valence-corrected chi connectivity index (χ2v) is 7.00. The number of halogens is 2. The van der Waals surface area contributed by atoms with Gasteiger partial charge in [-0.2, -0.15) is 9.97 Å². The molecule has 2 rings (SSSR count). The fourth-order valence-electron chi connectivity index (χ4n) is 2.68. The summed E-state index contributed by atoms with van der Waals surface area (Å²) in [6.07, 6.45) is 1.29. The minimum Gasteiger partial charge on any atom is -0.394 e. The monoisotopic (exact) mass is 366 g/mol. The van der Waals surface area contributed by atoms with E-state index in [1.54, 1.807) is 6.07 Å². The minimum atomic E-state index is -0.264. The Labute approximate surface area is 152 Å². The highest BCUT2D eigenvalue weighted by molar-refractivity contribution is 6.28. The van der Waals surface area contributed by atoms with Gasteiger partial charge in [-0.1, -0.05) is 32.9 Å². The van der Waals surface area contributed by atoms with Crippen molar-refractivity contribution in [3.63, 3.8) is 0 Å². The highest BCUT2D eigenvalue weighted by Crippen LogP contribution is 2.21. The normalized spacial score (nSPS) is 13.7. The summed E-state index contributed by atoms with van der Waals surface area (Å²) < 4.78 is 13.4. The summed E-state index contributed by atoms with van der Waals surface area (Å²) >= 11 is 6.01. The standard InChI is InChI=1S/C18H24ClFN4O/c1-11(2)7-15(10-25)21-18-23-16(22-17(19)24-18)8-12(3)13-5-4-6-14(20)9-13/h4-6,9,11-12,15,25H,7-8,10H2,1-3H3,(H,21,22,23,24). The van der Waals surface area contributed by atoms with Crippen LogP contribution in [0.3, 0.4) is 0 Å². The van der Waals surface area contributed by atoms with Crippen LogP contribution in [0.25, 0.3) is 0 Å². The molecule has 5 nitrogen and oxygen atoms in total. The third-order valence-electron chi connectivity index (χ3n) is 3.87. The molecule has 0 aliphatic carbocycles. The highest BCUT2D eigenvalue weighted by atomic mass is 35.5. The van der Waals surface area contributed by atoms with Crippen molar-refractivity contribution in [2.24, 2.45) is 5.92 Å². The molecule has 0 saturated carbocycles. The first kappa shape index (κ1) is 19.5. The molecule has 1 heterocycles. The third-order valence-corrected chi connectivity index (χ3v) is 4.04. The fraction of sp³-hybridized carbons (Fsp3) is 0.500. The van der Waals surface area contributed by atoms with Crippen molar-refractivity contribution >= 4 is 17.5 Å². The van der Waals surface area contributed by atoms with Crippen LogP contribution in [0.2, 0.25) is 5.28 Å². The lowest BCUT2D eigenvalue weighted by atomic mass is 9.97. The molecule has 0 radical (unpaired) electrons. The van der Waals surface area contributed by atoms with Crippen LogP contribution in [0.4, 0.5) is 10.3 Å². The molecular formula is C18H24ClFN4O. The summed E-state index contributed by atoms with van der Waals surface area (Å²) in [6.45, 7) is 6.12. The van der Waals surface area contributed by atoms with Crippen LogP contribution in [-0.4, -0.2) is 32.7 Å². The van der Waals surface area contributed by atoms with Crippen molar-refractivity contribution in [1.29, 1.82) is 0 Å². The van der Waals surface area contributed by atoms with E-state index in [9.17, 15) is 9.50 Å². The van der Waals surface area contributed by atoms with E-state index in [0.717, 1.165) is 12.0 Å². The smallest absolute Gasteiger partial charge is 0.227 e. The molecule has 2 atom stereocenters. The molecule has 0 spiro atoms. The summed E-state index contributed by atoms with van der Waals surface area (Å²) in [4.78, 5) is 12.6. The Balaban J connectivity index is 2.12. The first-order valence-corrected chi connectivity index (χ1v) is 8.78. The van der Waals surface area contributed by atoms with Gasteiger partial charge in [0.25, 0.3) is 0 Å². The van der Waals surface area contributed by atoms with Gasteiger partial charge in [0.1, 0.15) is 11.6 Å². The van der Waals surface area contributed by atoms with Crippen molar-refractivity contribution in [3.05, 3.63) is 46.8 Å². The van der Waals surface area contributed by atoms with Gasteiger partial charge in [-0.3, -0.25) is 0 Å². The Bertz CT molecular complexity index is 699. The van der Waals surface area contributed by atoms with Crippen LogP contribution < -0.4 is 5.32 Å². The van der Waals surface area contributed by atoms with Crippen LogP contribution in [0.1, 0.15) is 44.5 Å². The number of aliphatic hydroxyl groups excluding tert-OH is 1. The van der Waals surface area contributed by atoms with Gasteiger partial charge in [0.05, 0.1) is 12.6 Å². The molecule has 25 heavy (non-hydrogen) atoms. The predicted molar refractivity (Wildman–Crippen MR) is 97.3 cm³/mol. The number of hydrogen-bond donors (Lipinski definition) is 2. The number of nitrogens with zero attached hydrogens (tertiary/aromatic N) is 3. The third kappa shape index (κ3) is 6.21. The molecule has 2 unspecified atom stereocenters. The summed E-state index contributed by atoms with van der Waals surface area (Å²) in [5.74, 6) is 1.07. The van der Waals surface area contributed by atoms with E-state index in [4.69, 9.17) is 11.6 Å². The predicted octanol–water partition coefficient (Wildman–Crippen LogP) is 3.83. The number of aliphatic hydroxyl groups is 1. The Morgan fingerprint density at radius 3 is 2.60 bits per heavy atom. The summed E-state index contributed by atoms with van der Waals surface area (Å²) in [5.41, 5.74) is 0.874. The maximum atomic E-state index is 13.4. The summed E-state index contributed by atoms with van der Waals surface area (Å²) in [5, 5.41) is 12.7. The zero-order valence-corrected chi connectivity index (χ0v) is 15.5. The SMILES string of the molecule is CC(C)CC(CO)Nc1nc(Cl)nc(CC(C)c2cccc(F)c2)n1. The largest absolute Gasteiger partial charge is 0.394 e. The number of anilines is 1. The van der Waals surface area contributed by atoms with Crippen molar-refractivity contribution in [2.75, 3.05) is 11.9 Å². The van der Waals surface area contributed by atoms with Crippen molar-refractivity contribution in [1.82, 2.24) is 15.0 Å². The van der Waals surface area contributed by atoms with Gasteiger partial charge in [-0.15, -0.1) is 0 Å². The first-order valence-electron chi connectivity index (χ1n) is 8.40. The summed E-state index contributed by atoms with van der Waals surface area (Å²) in [7, 11) is 0.